The van der Waals surface area contributed by atoms with E-state index in [1.807, 2.05) is 19.9 Å². The molecule has 1 unspecified atom stereocenters. The Labute approximate surface area is 197 Å². The SMILES string of the molecule is CCCCSCC(COc1ccc(Cl)cc1)OC(=O)CSc1nc(C)cc(C)c1C#N. The number of nitrogens with zero attached hydrogens (tertiary/aromatic N) is 2. The van der Waals surface area contributed by atoms with Gasteiger partial charge in [0, 0.05) is 16.5 Å². The molecular formula is C23H27ClN2O3S2. The van der Waals surface area contributed by atoms with Crippen LogP contribution in [0.25, 0.3) is 0 Å². The van der Waals surface area contributed by atoms with Crippen LogP contribution in [0.2, 0.25) is 5.02 Å². The number of hydrogen-bond donors (Lipinski definition) is 0. The van der Waals surface area contributed by atoms with Crippen LogP contribution in [0.15, 0.2) is 35.4 Å². The van der Waals surface area contributed by atoms with Crippen LogP contribution in [-0.4, -0.2) is 40.9 Å². The van der Waals surface area contributed by atoms with Crippen LogP contribution in [0.4, 0.5) is 0 Å². The highest BCUT2D eigenvalue weighted by atomic mass is 35.5. The van der Waals surface area contributed by atoms with E-state index < -0.39 is 0 Å². The fraction of sp³-hybridized carbons (Fsp3) is 0.435. The van der Waals surface area contributed by atoms with Crippen molar-refractivity contribution in [2.24, 2.45) is 0 Å². The van der Waals surface area contributed by atoms with Crippen LogP contribution in [-0.2, 0) is 9.53 Å². The Morgan fingerprint density at radius 2 is 2.03 bits per heavy atom. The van der Waals surface area contributed by atoms with Crippen molar-refractivity contribution in [3.8, 4) is 11.8 Å². The van der Waals surface area contributed by atoms with Crippen molar-refractivity contribution in [2.45, 2.75) is 44.7 Å². The van der Waals surface area contributed by atoms with Crippen molar-refractivity contribution in [3.63, 3.8) is 0 Å². The molecule has 166 valence electrons. The van der Waals surface area contributed by atoms with Gasteiger partial charge >= 0.3 is 5.97 Å². The molecule has 0 saturated heterocycles. The number of hydrogen-bond acceptors (Lipinski definition) is 7. The molecule has 0 spiro atoms. The molecule has 2 rings (SSSR count). The van der Waals surface area contributed by atoms with Crippen LogP contribution in [0, 0.1) is 25.2 Å². The average Bonchev–Trinajstić information content (AvgIpc) is 2.74. The Morgan fingerprint density at radius 3 is 2.71 bits per heavy atom. The molecule has 1 aromatic carbocycles. The topological polar surface area (TPSA) is 72.2 Å². The Kier molecular flexibility index (Phi) is 11.1. The van der Waals surface area contributed by atoms with Gasteiger partial charge in [-0.3, -0.25) is 4.79 Å². The van der Waals surface area contributed by atoms with Crippen molar-refractivity contribution in [1.29, 1.82) is 5.26 Å². The second kappa shape index (κ2) is 13.5. The van der Waals surface area contributed by atoms with E-state index >= 15 is 0 Å². The van der Waals surface area contributed by atoms with Gasteiger partial charge in [-0.1, -0.05) is 36.7 Å². The molecule has 0 fully saturated rings. The first-order valence-corrected chi connectivity index (χ1v) is 12.6. The normalized spacial score (nSPS) is 11.6. The molecule has 5 nitrogen and oxygen atoms in total. The van der Waals surface area contributed by atoms with Gasteiger partial charge in [0.25, 0.3) is 0 Å². The fourth-order valence-electron chi connectivity index (χ4n) is 2.69. The van der Waals surface area contributed by atoms with E-state index in [2.05, 4.69) is 18.0 Å². The quantitative estimate of drug-likeness (QED) is 0.215. The third-order valence-corrected chi connectivity index (χ3v) is 6.63. The zero-order valence-electron chi connectivity index (χ0n) is 18.0. The molecule has 0 N–H and O–H groups in total. The van der Waals surface area contributed by atoms with Crippen molar-refractivity contribution >= 4 is 41.1 Å². The summed E-state index contributed by atoms with van der Waals surface area (Å²) in [5, 5.41) is 10.6. The number of esters is 1. The van der Waals surface area contributed by atoms with Gasteiger partial charge in [0.1, 0.15) is 29.6 Å². The zero-order chi connectivity index (χ0) is 22.6. The summed E-state index contributed by atoms with van der Waals surface area (Å²) in [4.78, 5) is 16.9. The minimum Gasteiger partial charge on any atom is -0.490 e. The average molecular weight is 479 g/mol. The molecule has 8 heteroatoms. The van der Waals surface area contributed by atoms with Crippen LogP contribution < -0.4 is 4.74 Å². The lowest BCUT2D eigenvalue weighted by molar-refractivity contribution is -0.145. The minimum atomic E-state index is -0.367. The van der Waals surface area contributed by atoms with Crippen molar-refractivity contribution < 1.29 is 14.3 Å². The molecule has 0 bridgehead atoms. The zero-order valence-corrected chi connectivity index (χ0v) is 20.4. The summed E-state index contributed by atoms with van der Waals surface area (Å²) in [7, 11) is 0. The third-order valence-electron chi connectivity index (χ3n) is 4.24. The smallest absolute Gasteiger partial charge is 0.316 e. The number of unbranched alkanes of at least 4 members (excludes halogenated alkanes) is 1. The van der Waals surface area contributed by atoms with E-state index in [0.29, 0.717) is 27.1 Å². The Balaban J connectivity index is 1.94. The lowest BCUT2D eigenvalue weighted by Crippen LogP contribution is -2.28. The van der Waals surface area contributed by atoms with Crippen molar-refractivity contribution in [1.82, 2.24) is 4.98 Å². The number of aromatic nitrogens is 1. The van der Waals surface area contributed by atoms with Gasteiger partial charge in [0.2, 0.25) is 0 Å². The number of ether oxygens (including phenoxy) is 2. The summed E-state index contributed by atoms with van der Waals surface area (Å²) in [6.07, 6.45) is 1.88. The maximum Gasteiger partial charge on any atom is 0.316 e. The number of carbonyl (C=O) groups is 1. The van der Waals surface area contributed by atoms with Gasteiger partial charge in [0.15, 0.2) is 0 Å². The number of benzene rings is 1. The largest absolute Gasteiger partial charge is 0.490 e. The highest BCUT2D eigenvalue weighted by Crippen LogP contribution is 2.24. The van der Waals surface area contributed by atoms with E-state index in [1.165, 1.54) is 11.8 Å². The van der Waals surface area contributed by atoms with Crippen molar-refractivity contribution in [3.05, 3.63) is 52.2 Å². The predicted octanol–water partition coefficient (Wildman–Crippen LogP) is 5.84. The monoisotopic (exact) mass is 478 g/mol. The first-order chi connectivity index (χ1) is 14.9. The molecule has 0 amide bonds. The number of halogens is 1. The molecule has 0 aliphatic carbocycles. The summed E-state index contributed by atoms with van der Waals surface area (Å²) < 4.78 is 11.5. The van der Waals surface area contributed by atoms with Crippen LogP contribution in [0.1, 0.15) is 36.6 Å². The summed E-state index contributed by atoms with van der Waals surface area (Å²) in [6.45, 7) is 6.15. The number of pyridine rings is 1. The second-order valence-corrected chi connectivity index (χ2v) is 9.52. The maximum atomic E-state index is 12.5. The molecule has 0 aliphatic rings. The van der Waals surface area contributed by atoms with Crippen molar-refractivity contribution in [2.75, 3.05) is 23.9 Å². The second-order valence-electron chi connectivity index (χ2n) is 6.97. The number of carbonyl (C=O) groups excluding carboxylic acids is 1. The highest BCUT2D eigenvalue weighted by molar-refractivity contribution is 8.00. The predicted molar refractivity (Wildman–Crippen MR) is 128 cm³/mol. The molecule has 0 aliphatic heterocycles. The number of thioether (sulfide) groups is 2. The van der Waals surface area contributed by atoms with E-state index in [1.54, 1.807) is 36.0 Å². The van der Waals surface area contributed by atoms with Gasteiger partial charge in [-0.15, -0.1) is 0 Å². The molecule has 0 radical (unpaired) electrons. The molecule has 1 atom stereocenters. The van der Waals surface area contributed by atoms with E-state index in [4.69, 9.17) is 21.1 Å². The summed E-state index contributed by atoms with van der Waals surface area (Å²) in [5.74, 6) is 2.09. The molecule has 1 aromatic heterocycles. The Bertz CT molecular complexity index is 901. The van der Waals surface area contributed by atoms with Gasteiger partial charge < -0.3 is 9.47 Å². The molecule has 0 saturated carbocycles. The minimum absolute atomic E-state index is 0.0850. The fourth-order valence-corrected chi connectivity index (χ4v) is 4.78. The maximum absolute atomic E-state index is 12.5. The summed E-state index contributed by atoms with van der Waals surface area (Å²) in [6, 6.07) is 11.1. The number of rotatable bonds is 12. The first kappa shape index (κ1) is 25.4. The highest BCUT2D eigenvalue weighted by Gasteiger charge is 2.18. The first-order valence-electron chi connectivity index (χ1n) is 10.1. The van der Waals surface area contributed by atoms with Crippen LogP contribution >= 0.6 is 35.1 Å². The summed E-state index contributed by atoms with van der Waals surface area (Å²) in [5.41, 5.74) is 2.17. The summed E-state index contributed by atoms with van der Waals surface area (Å²) >= 11 is 8.89. The Hall–Kier alpha value is -1.88. The van der Waals surface area contributed by atoms with E-state index in [-0.39, 0.29) is 24.4 Å². The molecular weight excluding hydrogens is 452 g/mol. The Morgan fingerprint density at radius 1 is 1.29 bits per heavy atom. The van der Waals surface area contributed by atoms with Crippen LogP contribution in [0.5, 0.6) is 5.75 Å². The van der Waals surface area contributed by atoms with Gasteiger partial charge in [-0.05, 0) is 61.9 Å². The lowest BCUT2D eigenvalue weighted by Gasteiger charge is -2.18. The third kappa shape index (κ3) is 9.02. The number of aryl methyl sites for hydroxylation is 2. The van der Waals surface area contributed by atoms with Gasteiger partial charge in [-0.2, -0.15) is 17.0 Å². The molecule has 31 heavy (non-hydrogen) atoms. The van der Waals surface area contributed by atoms with Gasteiger partial charge in [0.05, 0.1) is 11.3 Å². The standard InChI is InChI=1S/C23H27ClN2O3S2/c1-4-5-10-30-14-20(13-28-19-8-6-18(24)7-9-19)29-22(27)15-31-23-21(12-25)16(2)11-17(3)26-23/h6-9,11,20H,4-5,10,13-15H2,1-3H3. The lowest BCUT2D eigenvalue weighted by atomic mass is 10.1. The number of nitriles is 1. The van der Waals surface area contributed by atoms with Gasteiger partial charge in [-0.25, -0.2) is 4.98 Å². The van der Waals surface area contributed by atoms with Crippen LogP contribution in [0.3, 0.4) is 0 Å². The molecule has 1 heterocycles. The molecule has 2 aromatic rings. The van der Waals surface area contributed by atoms with E-state index in [0.717, 1.165) is 29.9 Å². The van der Waals surface area contributed by atoms with E-state index in [9.17, 15) is 10.1 Å².